The van der Waals surface area contributed by atoms with Gasteiger partial charge in [0.05, 0.1) is 21.5 Å². The molecule has 0 aliphatic heterocycles. The third-order valence-electron chi connectivity index (χ3n) is 3.52. The highest BCUT2D eigenvalue weighted by atomic mass is 32.2. The fourth-order valence-corrected chi connectivity index (χ4v) is 3.89. The number of fused-ring (bicyclic) bond motifs is 1. The third-order valence-corrected chi connectivity index (χ3v) is 5.56. The van der Waals surface area contributed by atoms with E-state index in [2.05, 4.69) is 10.3 Å². The number of nitrogens with zero attached hydrogens (tertiary/aromatic N) is 1. The van der Waals surface area contributed by atoms with E-state index >= 15 is 0 Å². The zero-order valence-corrected chi connectivity index (χ0v) is 14.9. The Labute approximate surface area is 144 Å². The predicted molar refractivity (Wildman–Crippen MR) is 96.2 cm³/mol. The van der Waals surface area contributed by atoms with Crippen LogP contribution in [0.4, 0.5) is 5.13 Å². The van der Waals surface area contributed by atoms with Crippen LogP contribution in [0.15, 0.2) is 47.4 Å². The monoisotopic (exact) mass is 360 g/mol. The predicted octanol–water partition coefficient (Wildman–Crippen LogP) is 3.19. The quantitative estimate of drug-likeness (QED) is 0.775. The molecule has 0 saturated heterocycles. The van der Waals surface area contributed by atoms with Crippen molar-refractivity contribution in [2.24, 2.45) is 0 Å². The van der Waals surface area contributed by atoms with Gasteiger partial charge in [0.1, 0.15) is 0 Å². The van der Waals surface area contributed by atoms with Crippen LogP contribution in [0.25, 0.3) is 10.2 Å². The van der Waals surface area contributed by atoms with Crippen LogP contribution in [-0.2, 0) is 21.1 Å². The molecule has 2 aromatic carbocycles. The van der Waals surface area contributed by atoms with Gasteiger partial charge in [-0.25, -0.2) is 13.4 Å². The SMILES string of the molecule is Cc1ccc(CC(=O)Nc2nc3ccc(S(C)(=O)=O)cc3s2)cc1. The number of anilines is 1. The summed E-state index contributed by atoms with van der Waals surface area (Å²) in [7, 11) is -3.26. The minimum absolute atomic E-state index is 0.152. The summed E-state index contributed by atoms with van der Waals surface area (Å²) >= 11 is 1.26. The molecule has 0 aliphatic carbocycles. The lowest BCUT2D eigenvalue weighted by molar-refractivity contribution is -0.115. The highest BCUT2D eigenvalue weighted by Crippen LogP contribution is 2.28. The molecule has 0 saturated carbocycles. The summed E-state index contributed by atoms with van der Waals surface area (Å²) < 4.78 is 23.9. The van der Waals surface area contributed by atoms with Crippen LogP contribution in [0, 0.1) is 6.92 Å². The van der Waals surface area contributed by atoms with Gasteiger partial charge >= 0.3 is 0 Å². The van der Waals surface area contributed by atoms with E-state index in [1.165, 1.54) is 23.7 Å². The number of carbonyl (C=O) groups is 1. The lowest BCUT2D eigenvalue weighted by atomic mass is 10.1. The molecule has 3 rings (SSSR count). The maximum absolute atomic E-state index is 12.1. The summed E-state index contributed by atoms with van der Waals surface area (Å²) in [6, 6.07) is 12.5. The second-order valence-electron chi connectivity index (χ2n) is 5.63. The van der Waals surface area contributed by atoms with E-state index in [0.29, 0.717) is 10.6 Å². The summed E-state index contributed by atoms with van der Waals surface area (Å²) in [5.74, 6) is -0.152. The number of rotatable bonds is 4. The molecule has 0 fully saturated rings. The molecular formula is C17H16N2O3S2. The van der Waals surface area contributed by atoms with Crippen LogP contribution >= 0.6 is 11.3 Å². The van der Waals surface area contributed by atoms with E-state index in [1.807, 2.05) is 31.2 Å². The van der Waals surface area contributed by atoms with Crippen molar-refractivity contribution < 1.29 is 13.2 Å². The lowest BCUT2D eigenvalue weighted by Gasteiger charge is -2.02. The summed E-state index contributed by atoms with van der Waals surface area (Å²) in [5, 5.41) is 3.24. The van der Waals surface area contributed by atoms with Gasteiger partial charge in [-0.15, -0.1) is 0 Å². The number of aryl methyl sites for hydroxylation is 1. The van der Waals surface area contributed by atoms with Crippen molar-refractivity contribution in [3.05, 3.63) is 53.6 Å². The number of benzene rings is 2. The molecule has 3 aromatic rings. The third kappa shape index (κ3) is 3.80. The molecule has 0 radical (unpaired) electrons. The first-order valence-corrected chi connectivity index (χ1v) is 9.98. The van der Waals surface area contributed by atoms with Crippen molar-refractivity contribution in [3.63, 3.8) is 0 Å². The Morgan fingerprint density at radius 1 is 1.17 bits per heavy atom. The maximum atomic E-state index is 12.1. The molecule has 1 heterocycles. The molecule has 0 unspecified atom stereocenters. The molecule has 5 nitrogen and oxygen atoms in total. The Balaban J connectivity index is 1.77. The summed E-state index contributed by atoms with van der Waals surface area (Å²) in [4.78, 5) is 16.7. The molecule has 0 aliphatic rings. The highest BCUT2D eigenvalue weighted by Gasteiger charge is 2.12. The average Bonchev–Trinajstić information content (AvgIpc) is 2.89. The first kappa shape index (κ1) is 16.6. The minimum Gasteiger partial charge on any atom is -0.302 e. The van der Waals surface area contributed by atoms with Gasteiger partial charge in [-0.3, -0.25) is 4.79 Å². The number of hydrogen-bond donors (Lipinski definition) is 1. The number of thiazole rings is 1. The number of carbonyl (C=O) groups excluding carboxylic acids is 1. The molecule has 0 bridgehead atoms. The molecule has 1 N–H and O–H groups in total. The number of nitrogens with one attached hydrogen (secondary N) is 1. The van der Waals surface area contributed by atoms with Gasteiger partial charge in [0.25, 0.3) is 0 Å². The normalized spacial score (nSPS) is 11.6. The van der Waals surface area contributed by atoms with E-state index < -0.39 is 9.84 Å². The van der Waals surface area contributed by atoms with Gasteiger partial charge in [-0.1, -0.05) is 41.2 Å². The van der Waals surface area contributed by atoms with Crippen LogP contribution in [-0.4, -0.2) is 25.6 Å². The second-order valence-corrected chi connectivity index (χ2v) is 8.68. The number of aromatic nitrogens is 1. The largest absolute Gasteiger partial charge is 0.302 e. The minimum atomic E-state index is -3.26. The zero-order valence-electron chi connectivity index (χ0n) is 13.2. The van der Waals surface area contributed by atoms with Gasteiger partial charge in [-0.2, -0.15) is 0 Å². The van der Waals surface area contributed by atoms with Crippen molar-refractivity contribution in [2.45, 2.75) is 18.2 Å². The zero-order chi connectivity index (χ0) is 17.3. The van der Waals surface area contributed by atoms with Crippen molar-refractivity contribution in [1.29, 1.82) is 0 Å². The summed E-state index contributed by atoms with van der Waals surface area (Å²) in [5.41, 5.74) is 2.74. The smallest absolute Gasteiger partial charge is 0.230 e. The van der Waals surface area contributed by atoms with Crippen LogP contribution in [0.2, 0.25) is 0 Å². The summed E-state index contributed by atoms with van der Waals surface area (Å²) in [6.45, 7) is 2.00. The molecular weight excluding hydrogens is 344 g/mol. The van der Waals surface area contributed by atoms with E-state index in [1.54, 1.807) is 12.1 Å². The van der Waals surface area contributed by atoms with E-state index in [4.69, 9.17) is 0 Å². The topological polar surface area (TPSA) is 76.1 Å². The van der Waals surface area contributed by atoms with Gasteiger partial charge in [0.2, 0.25) is 5.91 Å². The standard InChI is InChI=1S/C17H16N2O3S2/c1-11-3-5-12(6-4-11)9-16(20)19-17-18-14-8-7-13(24(2,21)22)10-15(14)23-17/h3-8,10H,9H2,1-2H3,(H,18,19,20). The Morgan fingerprint density at radius 3 is 2.54 bits per heavy atom. The Hall–Kier alpha value is -2.25. The molecule has 0 spiro atoms. The van der Waals surface area contributed by atoms with Crippen molar-refractivity contribution in [1.82, 2.24) is 4.98 Å². The first-order chi connectivity index (χ1) is 11.3. The van der Waals surface area contributed by atoms with Gasteiger partial charge in [0.15, 0.2) is 15.0 Å². The van der Waals surface area contributed by atoms with Crippen molar-refractivity contribution >= 4 is 42.4 Å². The summed E-state index contributed by atoms with van der Waals surface area (Å²) in [6.07, 6.45) is 1.43. The van der Waals surface area contributed by atoms with Gasteiger partial charge < -0.3 is 5.32 Å². The Morgan fingerprint density at radius 2 is 1.88 bits per heavy atom. The fourth-order valence-electron chi connectivity index (χ4n) is 2.24. The Kier molecular flexibility index (Phi) is 4.38. The van der Waals surface area contributed by atoms with Gasteiger partial charge in [0, 0.05) is 6.26 Å². The molecule has 124 valence electrons. The molecule has 0 atom stereocenters. The van der Waals surface area contributed by atoms with Crippen LogP contribution in [0.3, 0.4) is 0 Å². The lowest BCUT2D eigenvalue weighted by Crippen LogP contribution is -2.14. The van der Waals surface area contributed by atoms with E-state index in [-0.39, 0.29) is 17.2 Å². The molecule has 1 amide bonds. The van der Waals surface area contributed by atoms with Crippen LogP contribution in [0.5, 0.6) is 0 Å². The van der Waals surface area contributed by atoms with Crippen LogP contribution in [0.1, 0.15) is 11.1 Å². The second kappa shape index (κ2) is 6.33. The number of hydrogen-bond acceptors (Lipinski definition) is 5. The highest BCUT2D eigenvalue weighted by molar-refractivity contribution is 7.90. The van der Waals surface area contributed by atoms with E-state index in [9.17, 15) is 13.2 Å². The Bertz CT molecular complexity index is 1010. The van der Waals surface area contributed by atoms with Crippen molar-refractivity contribution in [3.8, 4) is 0 Å². The molecule has 1 aromatic heterocycles. The molecule has 24 heavy (non-hydrogen) atoms. The molecule has 7 heteroatoms. The van der Waals surface area contributed by atoms with Crippen LogP contribution < -0.4 is 5.32 Å². The average molecular weight is 360 g/mol. The maximum Gasteiger partial charge on any atom is 0.230 e. The van der Waals surface area contributed by atoms with Gasteiger partial charge in [-0.05, 0) is 30.7 Å². The fraction of sp³-hybridized carbons (Fsp3) is 0.176. The first-order valence-electron chi connectivity index (χ1n) is 7.27. The van der Waals surface area contributed by atoms with E-state index in [0.717, 1.165) is 15.8 Å². The number of sulfone groups is 1. The van der Waals surface area contributed by atoms with Crippen molar-refractivity contribution in [2.75, 3.05) is 11.6 Å². The number of amides is 1.